The van der Waals surface area contributed by atoms with Gasteiger partial charge in [-0.25, -0.2) is 0 Å². The molecule has 1 atom stereocenters. The quantitative estimate of drug-likeness (QED) is 0.862. The number of rotatable bonds is 6. The molecule has 1 aliphatic rings. The Balaban J connectivity index is 1.63. The van der Waals surface area contributed by atoms with Crippen molar-refractivity contribution < 1.29 is 9.53 Å². The Labute approximate surface area is 136 Å². The molecule has 1 saturated carbocycles. The molecule has 1 fully saturated rings. The summed E-state index contributed by atoms with van der Waals surface area (Å²) in [5.41, 5.74) is -0.292. The van der Waals surface area contributed by atoms with Crippen LogP contribution in [0.3, 0.4) is 0 Å². The van der Waals surface area contributed by atoms with E-state index in [1.807, 2.05) is 29.6 Å². The van der Waals surface area contributed by atoms with Gasteiger partial charge in [-0.2, -0.15) is 0 Å². The Kier molecular flexibility index (Phi) is 4.36. The topological polar surface area (TPSA) is 38.3 Å². The number of ether oxygens (including phenoxy) is 1. The van der Waals surface area contributed by atoms with Crippen LogP contribution in [0, 0.1) is 0 Å². The number of amides is 1. The van der Waals surface area contributed by atoms with Gasteiger partial charge in [0.15, 0.2) is 0 Å². The van der Waals surface area contributed by atoms with Gasteiger partial charge in [0, 0.05) is 23.4 Å². The summed E-state index contributed by atoms with van der Waals surface area (Å²) >= 11 is 9.09. The second kappa shape index (κ2) is 6.08. The fraction of sp³-hybridized carbons (Fsp3) is 0.400. The largest absolute Gasteiger partial charge is 0.374 e. The van der Waals surface area contributed by atoms with Crippen LogP contribution in [0.15, 0.2) is 29.6 Å². The van der Waals surface area contributed by atoms with E-state index in [0.717, 1.165) is 26.9 Å². The minimum Gasteiger partial charge on any atom is -0.374 e. The van der Waals surface area contributed by atoms with Crippen LogP contribution in [0.1, 0.15) is 28.7 Å². The van der Waals surface area contributed by atoms with Gasteiger partial charge in [-0.05, 0) is 36.4 Å². The van der Waals surface area contributed by atoms with Gasteiger partial charge in [0.2, 0.25) is 5.91 Å². The molecule has 0 spiro atoms. The van der Waals surface area contributed by atoms with E-state index in [1.54, 1.807) is 18.4 Å². The van der Waals surface area contributed by atoms with Crippen LogP contribution >= 0.6 is 34.3 Å². The highest BCUT2D eigenvalue weighted by atomic mass is 35.5. The number of hydrogen-bond donors (Lipinski definition) is 1. The number of thiophene rings is 2. The van der Waals surface area contributed by atoms with Crippen LogP contribution < -0.4 is 5.32 Å². The van der Waals surface area contributed by atoms with E-state index < -0.39 is 0 Å². The highest BCUT2D eigenvalue weighted by Crippen LogP contribution is 2.50. The molecule has 21 heavy (non-hydrogen) atoms. The number of carbonyl (C=O) groups excluding carboxylic acids is 1. The predicted molar refractivity (Wildman–Crippen MR) is 87.3 cm³/mol. The number of nitrogens with one attached hydrogen (secondary N) is 1. The molecule has 2 aromatic heterocycles. The lowest BCUT2D eigenvalue weighted by Gasteiger charge is -2.18. The summed E-state index contributed by atoms with van der Waals surface area (Å²) in [5, 5.41) is 5.06. The zero-order valence-electron chi connectivity index (χ0n) is 11.6. The molecular weight excluding hydrogens is 326 g/mol. The summed E-state index contributed by atoms with van der Waals surface area (Å²) in [5.74, 6) is 0.106. The summed E-state index contributed by atoms with van der Waals surface area (Å²) < 4.78 is 6.20. The zero-order valence-corrected chi connectivity index (χ0v) is 14.0. The van der Waals surface area contributed by atoms with Crippen molar-refractivity contribution in [1.82, 2.24) is 5.32 Å². The molecule has 1 aliphatic carbocycles. The maximum Gasteiger partial charge on any atom is 0.231 e. The molecule has 2 heterocycles. The minimum absolute atomic E-state index is 0.106. The highest BCUT2D eigenvalue weighted by molar-refractivity contribution is 7.16. The number of methoxy groups -OCH3 is 1. The van der Waals surface area contributed by atoms with Gasteiger partial charge < -0.3 is 10.1 Å². The minimum atomic E-state index is -0.292. The molecule has 112 valence electrons. The van der Waals surface area contributed by atoms with Crippen LogP contribution in [-0.4, -0.2) is 19.6 Å². The van der Waals surface area contributed by atoms with Crippen molar-refractivity contribution in [2.75, 3.05) is 13.7 Å². The number of halogens is 1. The lowest BCUT2D eigenvalue weighted by Crippen LogP contribution is -2.37. The van der Waals surface area contributed by atoms with Crippen molar-refractivity contribution >= 4 is 40.2 Å². The fourth-order valence-electron chi connectivity index (χ4n) is 2.42. The third kappa shape index (κ3) is 3.01. The monoisotopic (exact) mass is 341 g/mol. The van der Waals surface area contributed by atoms with Gasteiger partial charge in [-0.1, -0.05) is 17.7 Å². The first-order valence-electron chi connectivity index (χ1n) is 6.76. The van der Waals surface area contributed by atoms with Gasteiger partial charge in [-0.15, -0.1) is 22.7 Å². The van der Waals surface area contributed by atoms with Crippen molar-refractivity contribution in [3.05, 3.63) is 43.7 Å². The van der Waals surface area contributed by atoms with Crippen molar-refractivity contribution in [1.29, 1.82) is 0 Å². The van der Waals surface area contributed by atoms with Crippen molar-refractivity contribution in [2.45, 2.75) is 24.4 Å². The molecule has 0 bridgehead atoms. The van der Waals surface area contributed by atoms with Gasteiger partial charge in [-0.3, -0.25) is 4.79 Å². The molecule has 0 radical (unpaired) electrons. The van der Waals surface area contributed by atoms with Gasteiger partial charge in [0.1, 0.15) is 6.10 Å². The van der Waals surface area contributed by atoms with E-state index in [0.29, 0.717) is 6.54 Å². The second-order valence-electron chi connectivity index (χ2n) is 5.14. The maximum absolute atomic E-state index is 12.5. The second-order valence-corrected chi connectivity index (χ2v) is 7.83. The van der Waals surface area contributed by atoms with E-state index >= 15 is 0 Å². The molecule has 1 unspecified atom stereocenters. The first-order chi connectivity index (χ1) is 10.2. The molecule has 0 aliphatic heterocycles. The van der Waals surface area contributed by atoms with Crippen LogP contribution in [-0.2, 0) is 14.9 Å². The summed E-state index contributed by atoms with van der Waals surface area (Å²) in [6, 6.07) is 7.84. The zero-order chi connectivity index (χ0) is 14.9. The molecule has 2 aromatic rings. The van der Waals surface area contributed by atoms with Crippen molar-refractivity contribution in [3.8, 4) is 0 Å². The first kappa shape index (κ1) is 15.0. The summed E-state index contributed by atoms with van der Waals surface area (Å²) in [4.78, 5) is 14.7. The first-order valence-corrected chi connectivity index (χ1v) is 8.83. The molecule has 6 heteroatoms. The molecule has 3 rings (SSSR count). The van der Waals surface area contributed by atoms with E-state index in [4.69, 9.17) is 16.3 Å². The average Bonchev–Trinajstić information content (AvgIpc) is 2.90. The standard InChI is InChI=1S/C15H16ClNO2S2/c1-19-10(11-4-5-13(16)21-11)9-17-14(18)15(6-7-15)12-3-2-8-20-12/h2-5,8,10H,6-7,9H2,1H3,(H,17,18). The maximum atomic E-state index is 12.5. The smallest absolute Gasteiger partial charge is 0.231 e. The van der Waals surface area contributed by atoms with Crippen molar-refractivity contribution in [3.63, 3.8) is 0 Å². The third-order valence-electron chi connectivity index (χ3n) is 3.82. The predicted octanol–water partition coefficient (Wildman–Crippen LogP) is 4.00. The average molecular weight is 342 g/mol. The summed E-state index contributed by atoms with van der Waals surface area (Å²) in [6.07, 6.45) is 1.72. The number of hydrogen-bond acceptors (Lipinski definition) is 4. The highest BCUT2D eigenvalue weighted by Gasteiger charge is 2.52. The SMILES string of the molecule is COC(CNC(=O)C1(c2cccs2)CC1)c1ccc(Cl)s1. The van der Waals surface area contributed by atoms with Crippen LogP contribution in [0.4, 0.5) is 0 Å². The third-order valence-corrected chi connectivity index (χ3v) is 6.22. The lowest BCUT2D eigenvalue weighted by atomic mass is 10.0. The Morgan fingerprint density at radius 2 is 2.29 bits per heavy atom. The Hall–Kier alpha value is -0.880. The Bertz CT molecular complexity index is 619. The Morgan fingerprint density at radius 3 is 2.81 bits per heavy atom. The number of carbonyl (C=O) groups is 1. The van der Waals surface area contributed by atoms with E-state index in [1.165, 1.54) is 11.3 Å². The van der Waals surface area contributed by atoms with Crippen molar-refractivity contribution in [2.24, 2.45) is 0 Å². The summed E-state index contributed by atoms with van der Waals surface area (Å²) in [7, 11) is 1.65. The molecule has 0 aromatic carbocycles. The molecule has 3 nitrogen and oxygen atoms in total. The normalized spacial score (nSPS) is 17.4. The van der Waals surface area contributed by atoms with Gasteiger partial charge in [0.05, 0.1) is 9.75 Å². The van der Waals surface area contributed by atoms with Gasteiger partial charge >= 0.3 is 0 Å². The van der Waals surface area contributed by atoms with E-state index in [2.05, 4.69) is 5.32 Å². The van der Waals surface area contributed by atoms with Gasteiger partial charge in [0.25, 0.3) is 0 Å². The van der Waals surface area contributed by atoms with Crippen LogP contribution in [0.2, 0.25) is 4.34 Å². The summed E-state index contributed by atoms with van der Waals surface area (Å²) in [6.45, 7) is 0.472. The molecule has 1 N–H and O–H groups in total. The van der Waals surface area contributed by atoms with Crippen LogP contribution in [0.5, 0.6) is 0 Å². The molecule has 1 amide bonds. The fourth-order valence-corrected chi connectivity index (χ4v) is 4.54. The van der Waals surface area contributed by atoms with E-state index in [9.17, 15) is 4.79 Å². The van der Waals surface area contributed by atoms with E-state index in [-0.39, 0.29) is 17.4 Å². The van der Waals surface area contributed by atoms with Crippen LogP contribution in [0.25, 0.3) is 0 Å². The molecule has 0 saturated heterocycles. The molecular formula is C15H16ClNO2S2. The Morgan fingerprint density at radius 1 is 1.48 bits per heavy atom. The lowest BCUT2D eigenvalue weighted by molar-refractivity contribution is -0.124.